The summed E-state index contributed by atoms with van der Waals surface area (Å²) in [6.07, 6.45) is -0.167. The quantitative estimate of drug-likeness (QED) is 0.720. The Morgan fingerprint density at radius 1 is 1.14 bits per heavy atom. The van der Waals surface area contributed by atoms with Gasteiger partial charge in [0.05, 0.1) is 37.5 Å². The second-order valence-corrected chi connectivity index (χ2v) is 4.39. The Kier molecular flexibility index (Phi) is 6.96. The van der Waals surface area contributed by atoms with Crippen LogP contribution in [0.1, 0.15) is 31.7 Å². The molecule has 0 spiro atoms. The number of carbonyl (C=O) groups is 2. The number of hydrogen-bond donors (Lipinski definition) is 0. The summed E-state index contributed by atoms with van der Waals surface area (Å²) in [7, 11) is 0. The molecule has 1 rings (SSSR count). The van der Waals surface area contributed by atoms with E-state index in [0.29, 0.717) is 5.56 Å². The van der Waals surface area contributed by atoms with Crippen LogP contribution in [0, 0.1) is 17.2 Å². The maximum Gasteiger partial charge on any atom is 0.311 e. The zero-order valence-corrected chi connectivity index (χ0v) is 12.2. The first-order valence-corrected chi connectivity index (χ1v) is 6.90. The van der Waals surface area contributed by atoms with Gasteiger partial charge in [0.25, 0.3) is 0 Å². The van der Waals surface area contributed by atoms with E-state index < -0.39 is 23.8 Å². The number of rotatable bonds is 7. The lowest BCUT2D eigenvalue weighted by molar-refractivity contribution is -0.155. The number of esters is 2. The molecule has 1 aromatic rings. The molecular weight excluding hydrogens is 270 g/mol. The fourth-order valence-electron chi connectivity index (χ4n) is 2.04. The van der Waals surface area contributed by atoms with Crippen molar-refractivity contribution in [1.82, 2.24) is 0 Å². The van der Waals surface area contributed by atoms with Gasteiger partial charge in [-0.2, -0.15) is 5.26 Å². The lowest BCUT2D eigenvalue weighted by Gasteiger charge is -2.20. The standard InChI is InChI=1S/C16H19NO4/c1-3-20-15(18)10-13(16(19)21-4-2)14(11-17)12-8-6-5-7-9-12/h5-9,13-14H,3-4,10H2,1-2H3. The zero-order valence-electron chi connectivity index (χ0n) is 12.2. The molecule has 5 heteroatoms. The largest absolute Gasteiger partial charge is 0.466 e. The summed E-state index contributed by atoms with van der Waals surface area (Å²) in [5.41, 5.74) is 0.683. The maximum absolute atomic E-state index is 12.1. The fraction of sp³-hybridized carbons (Fsp3) is 0.438. The molecule has 0 aliphatic heterocycles. The van der Waals surface area contributed by atoms with Gasteiger partial charge in [0.15, 0.2) is 0 Å². The zero-order chi connectivity index (χ0) is 15.7. The minimum absolute atomic E-state index is 0.167. The van der Waals surface area contributed by atoms with Gasteiger partial charge in [-0.1, -0.05) is 30.3 Å². The van der Waals surface area contributed by atoms with Crippen LogP contribution in [0.3, 0.4) is 0 Å². The van der Waals surface area contributed by atoms with E-state index in [1.807, 2.05) is 6.07 Å². The molecular formula is C16H19NO4. The van der Waals surface area contributed by atoms with Crippen LogP contribution in [-0.4, -0.2) is 25.2 Å². The topological polar surface area (TPSA) is 76.4 Å². The minimum Gasteiger partial charge on any atom is -0.466 e. The molecule has 2 unspecified atom stereocenters. The summed E-state index contributed by atoms with van der Waals surface area (Å²) in [6.45, 7) is 3.81. The molecule has 0 aliphatic carbocycles. The molecule has 2 atom stereocenters. The van der Waals surface area contributed by atoms with Crippen LogP contribution < -0.4 is 0 Å². The number of nitrogens with zero attached hydrogens (tertiary/aromatic N) is 1. The minimum atomic E-state index is -0.864. The number of ether oxygens (including phenoxy) is 2. The molecule has 0 saturated heterocycles. The van der Waals surface area contributed by atoms with Crippen LogP contribution in [0.2, 0.25) is 0 Å². The lowest BCUT2D eigenvalue weighted by atomic mass is 9.85. The first-order valence-electron chi connectivity index (χ1n) is 6.90. The average molecular weight is 289 g/mol. The monoisotopic (exact) mass is 289 g/mol. The van der Waals surface area contributed by atoms with Gasteiger partial charge in [-0.25, -0.2) is 0 Å². The van der Waals surface area contributed by atoms with Crippen molar-refractivity contribution in [2.24, 2.45) is 5.92 Å². The van der Waals surface area contributed by atoms with Crippen LogP contribution in [0.4, 0.5) is 0 Å². The van der Waals surface area contributed by atoms with Crippen molar-refractivity contribution in [3.8, 4) is 6.07 Å². The summed E-state index contributed by atoms with van der Waals surface area (Å²) in [5.74, 6) is -2.67. The van der Waals surface area contributed by atoms with Gasteiger partial charge in [0, 0.05) is 0 Å². The molecule has 0 bridgehead atoms. The van der Waals surface area contributed by atoms with Gasteiger partial charge in [-0.3, -0.25) is 9.59 Å². The van der Waals surface area contributed by atoms with Gasteiger partial charge >= 0.3 is 11.9 Å². The molecule has 0 amide bonds. The molecule has 0 N–H and O–H groups in total. The van der Waals surface area contributed by atoms with E-state index in [9.17, 15) is 14.9 Å². The second-order valence-electron chi connectivity index (χ2n) is 4.39. The molecule has 0 aromatic heterocycles. The van der Waals surface area contributed by atoms with E-state index in [1.54, 1.807) is 38.1 Å². The normalized spacial score (nSPS) is 12.8. The van der Waals surface area contributed by atoms with E-state index in [4.69, 9.17) is 9.47 Å². The molecule has 0 fully saturated rings. The maximum atomic E-state index is 12.1. The van der Waals surface area contributed by atoms with Crippen molar-refractivity contribution in [2.75, 3.05) is 13.2 Å². The third-order valence-corrected chi connectivity index (χ3v) is 2.98. The molecule has 0 saturated carbocycles. The summed E-state index contributed by atoms with van der Waals surface area (Å²) < 4.78 is 9.86. The van der Waals surface area contributed by atoms with Crippen molar-refractivity contribution >= 4 is 11.9 Å². The molecule has 0 radical (unpaired) electrons. The molecule has 0 aliphatic rings. The number of benzene rings is 1. The Morgan fingerprint density at radius 3 is 2.29 bits per heavy atom. The Labute approximate surface area is 124 Å². The first kappa shape index (κ1) is 16.7. The van der Waals surface area contributed by atoms with Crippen LogP contribution in [0.5, 0.6) is 0 Å². The van der Waals surface area contributed by atoms with Crippen molar-refractivity contribution in [1.29, 1.82) is 5.26 Å². The van der Waals surface area contributed by atoms with Crippen molar-refractivity contribution in [2.45, 2.75) is 26.2 Å². The highest BCUT2D eigenvalue weighted by atomic mass is 16.5. The summed E-state index contributed by atoms with van der Waals surface area (Å²) in [4.78, 5) is 23.7. The van der Waals surface area contributed by atoms with E-state index in [-0.39, 0.29) is 19.6 Å². The van der Waals surface area contributed by atoms with E-state index in [0.717, 1.165) is 0 Å². The summed E-state index contributed by atoms with van der Waals surface area (Å²) in [5, 5.41) is 9.40. The highest BCUT2D eigenvalue weighted by Gasteiger charge is 2.33. The Morgan fingerprint density at radius 2 is 1.76 bits per heavy atom. The van der Waals surface area contributed by atoms with Crippen molar-refractivity contribution < 1.29 is 19.1 Å². The lowest BCUT2D eigenvalue weighted by Crippen LogP contribution is -2.27. The molecule has 0 heterocycles. The molecule has 21 heavy (non-hydrogen) atoms. The van der Waals surface area contributed by atoms with Crippen LogP contribution >= 0.6 is 0 Å². The van der Waals surface area contributed by atoms with Gasteiger partial charge in [0.1, 0.15) is 0 Å². The highest BCUT2D eigenvalue weighted by Crippen LogP contribution is 2.28. The SMILES string of the molecule is CCOC(=O)CC(C(=O)OCC)C(C#N)c1ccccc1. The smallest absolute Gasteiger partial charge is 0.311 e. The van der Waals surface area contributed by atoms with Crippen LogP contribution in [0.25, 0.3) is 0 Å². The summed E-state index contributed by atoms with van der Waals surface area (Å²) in [6, 6.07) is 11.0. The highest BCUT2D eigenvalue weighted by molar-refractivity contribution is 5.81. The van der Waals surface area contributed by atoms with E-state index in [2.05, 4.69) is 6.07 Å². The van der Waals surface area contributed by atoms with Crippen molar-refractivity contribution in [3.05, 3.63) is 35.9 Å². The number of carbonyl (C=O) groups excluding carboxylic acids is 2. The van der Waals surface area contributed by atoms with Gasteiger partial charge in [-0.05, 0) is 19.4 Å². The average Bonchev–Trinajstić information content (AvgIpc) is 2.48. The summed E-state index contributed by atoms with van der Waals surface area (Å²) >= 11 is 0. The number of hydrogen-bond acceptors (Lipinski definition) is 5. The predicted octanol–water partition coefficient (Wildman–Crippen LogP) is 2.43. The van der Waals surface area contributed by atoms with Crippen LogP contribution in [0.15, 0.2) is 30.3 Å². The predicted molar refractivity (Wildman–Crippen MR) is 76.2 cm³/mol. The molecule has 1 aromatic carbocycles. The van der Waals surface area contributed by atoms with Gasteiger partial charge in [-0.15, -0.1) is 0 Å². The second kappa shape index (κ2) is 8.75. The fourth-order valence-corrected chi connectivity index (χ4v) is 2.04. The van der Waals surface area contributed by atoms with Gasteiger partial charge < -0.3 is 9.47 Å². The third-order valence-electron chi connectivity index (χ3n) is 2.98. The first-order chi connectivity index (χ1) is 10.1. The molecule has 112 valence electrons. The van der Waals surface area contributed by atoms with E-state index >= 15 is 0 Å². The Hall–Kier alpha value is -2.35. The Balaban J connectivity index is 3.00. The third kappa shape index (κ3) is 4.92. The molecule has 5 nitrogen and oxygen atoms in total. The van der Waals surface area contributed by atoms with E-state index in [1.165, 1.54) is 0 Å². The number of nitriles is 1. The van der Waals surface area contributed by atoms with Crippen LogP contribution in [-0.2, 0) is 19.1 Å². The van der Waals surface area contributed by atoms with Crippen molar-refractivity contribution in [3.63, 3.8) is 0 Å². The van der Waals surface area contributed by atoms with Gasteiger partial charge in [0.2, 0.25) is 0 Å². The Bertz CT molecular complexity index is 507.